The number of hydrogen-bond donors (Lipinski definition) is 0. The third-order valence-electron chi connectivity index (χ3n) is 3.46. The Morgan fingerprint density at radius 1 is 1.26 bits per heavy atom. The van der Waals surface area contributed by atoms with E-state index in [9.17, 15) is 8.42 Å². The van der Waals surface area contributed by atoms with Gasteiger partial charge in [0.05, 0.1) is 14.9 Å². The maximum atomic E-state index is 12.6. The van der Waals surface area contributed by atoms with Crippen LogP contribution in [0.5, 0.6) is 0 Å². The quantitative estimate of drug-likeness (QED) is 0.832. The van der Waals surface area contributed by atoms with E-state index in [1.165, 1.54) is 6.07 Å². The van der Waals surface area contributed by atoms with E-state index >= 15 is 0 Å². The van der Waals surface area contributed by atoms with Crippen LogP contribution in [-0.4, -0.2) is 25.8 Å². The lowest BCUT2D eigenvalue weighted by molar-refractivity contribution is 0.281. The molecule has 0 saturated carbocycles. The minimum Gasteiger partial charge on any atom is -0.207 e. The van der Waals surface area contributed by atoms with Gasteiger partial charge in [-0.1, -0.05) is 30.1 Å². The summed E-state index contributed by atoms with van der Waals surface area (Å²) in [5, 5.41) is 0.654. The second-order valence-corrected chi connectivity index (χ2v) is 7.86. The zero-order valence-corrected chi connectivity index (χ0v) is 13.3. The first-order chi connectivity index (χ1) is 8.82. The smallest absolute Gasteiger partial charge is 0.207 e. The minimum atomic E-state index is -3.47. The first-order valence-electron chi connectivity index (χ1n) is 6.28. The van der Waals surface area contributed by atoms with Crippen LogP contribution in [0.1, 0.15) is 25.3 Å². The molecule has 1 heterocycles. The molecule has 1 aliphatic rings. The highest BCUT2D eigenvalue weighted by molar-refractivity contribution is 7.89. The van der Waals surface area contributed by atoms with Gasteiger partial charge in [-0.15, -0.1) is 0 Å². The predicted octanol–water partition coefficient (Wildman–Crippen LogP) is 3.72. The van der Waals surface area contributed by atoms with E-state index in [0.29, 0.717) is 29.6 Å². The van der Waals surface area contributed by atoms with Gasteiger partial charge < -0.3 is 0 Å². The van der Waals surface area contributed by atoms with Crippen molar-refractivity contribution < 1.29 is 8.42 Å². The fourth-order valence-electron chi connectivity index (χ4n) is 2.41. The van der Waals surface area contributed by atoms with Gasteiger partial charge in [0.2, 0.25) is 10.0 Å². The van der Waals surface area contributed by atoms with Crippen molar-refractivity contribution in [2.75, 3.05) is 13.1 Å². The molecule has 19 heavy (non-hydrogen) atoms. The Kier molecular flexibility index (Phi) is 4.45. The Labute approximate surface area is 124 Å². The van der Waals surface area contributed by atoms with Gasteiger partial charge in [0.25, 0.3) is 0 Å². The van der Waals surface area contributed by atoms with Gasteiger partial charge in [-0.25, -0.2) is 8.42 Å². The number of aryl methyl sites for hydroxylation is 1. The molecule has 1 atom stereocenters. The molecule has 0 bridgehead atoms. The summed E-state index contributed by atoms with van der Waals surface area (Å²) < 4.78 is 26.8. The lowest BCUT2D eigenvalue weighted by Gasteiger charge is -2.30. The Bertz CT molecular complexity index is 587. The summed E-state index contributed by atoms with van der Waals surface area (Å²) >= 11 is 11.8. The molecule has 1 saturated heterocycles. The Morgan fingerprint density at radius 3 is 2.53 bits per heavy atom. The van der Waals surface area contributed by atoms with E-state index in [1.807, 2.05) is 0 Å². The summed E-state index contributed by atoms with van der Waals surface area (Å²) in [6.45, 7) is 4.96. The third-order valence-corrected chi connectivity index (χ3v) is 6.18. The Morgan fingerprint density at radius 2 is 1.89 bits per heavy atom. The molecule has 0 unspecified atom stereocenters. The average Bonchev–Trinajstić information content (AvgIpc) is 2.33. The van der Waals surface area contributed by atoms with Crippen LogP contribution in [-0.2, 0) is 10.0 Å². The number of piperidine rings is 1. The Hall–Kier alpha value is -0.290. The van der Waals surface area contributed by atoms with E-state index < -0.39 is 10.0 Å². The van der Waals surface area contributed by atoms with Crippen molar-refractivity contribution >= 4 is 33.2 Å². The molecule has 1 aromatic carbocycles. The summed E-state index contributed by atoms with van der Waals surface area (Å²) in [5.74, 6) is 0.395. The van der Waals surface area contributed by atoms with Gasteiger partial charge in [0.1, 0.15) is 0 Å². The normalized spacial score (nSPS) is 21.6. The topological polar surface area (TPSA) is 37.4 Å². The van der Waals surface area contributed by atoms with Crippen LogP contribution in [0.25, 0.3) is 0 Å². The predicted molar refractivity (Wildman–Crippen MR) is 78.4 cm³/mol. The van der Waals surface area contributed by atoms with Crippen molar-refractivity contribution in [2.45, 2.75) is 31.6 Å². The highest BCUT2D eigenvalue weighted by Crippen LogP contribution is 2.31. The standard InChI is InChI=1S/C13H17Cl2NO2S/c1-9-4-3-5-16(8-9)19(17,18)13-7-12(15)11(14)6-10(13)2/h6-7,9H,3-5,8H2,1-2H3/t9-/m1/s1. The molecule has 2 rings (SSSR count). The first kappa shape index (κ1) is 15.1. The molecule has 6 heteroatoms. The van der Waals surface area contributed by atoms with Crippen molar-refractivity contribution in [1.29, 1.82) is 0 Å². The van der Waals surface area contributed by atoms with Crippen molar-refractivity contribution in [3.05, 3.63) is 27.7 Å². The third kappa shape index (κ3) is 3.07. The largest absolute Gasteiger partial charge is 0.243 e. The monoisotopic (exact) mass is 321 g/mol. The second-order valence-electron chi connectivity index (χ2n) is 5.14. The summed E-state index contributed by atoms with van der Waals surface area (Å²) in [6, 6.07) is 3.05. The van der Waals surface area contributed by atoms with Gasteiger partial charge >= 0.3 is 0 Å². The molecule has 0 aliphatic carbocycles. The van der Waals surface area contributed by atoms with Gasteiger partial charge in [0, 0.05) is 13.1 Å². The summed E-state index contributed by atoms with van der Waals surface area (Å²) in [7, 11) is -3.47. The van der Waals surface area contributed by atoms with Crippen molar-refractivity contribution in [1.82, 2.24) is 4.31 Å². The van der Waals surface area contributed by atoms with Gasteiger partial charge in [-0.2, -0.15) is 4.31 Å². The number of hydrogen-bond acceptors (Lipinski definition) is 2. The molecule has 0 amide bonds. The Balaban J connectivity index is 2.42. The van der Waals surface area contributed by atoms with Crippen LogP contribution >= 0.6 is 23.2 Å². The van der Waals surface area contributed by atoms with Crippen molar-refractivity contribution in [3.63, 3.8) is 0 Å². The lowest BCUT2D eigenvalue weighted by atomic mass is 10.0. The second kappa shape index (κ2) is 5.60. The van der Waals surface area contributed by atoms with Gasteiger partial charge in [-0.05, 0) is 43.4 Å². The van der Waals surface area contributed by atoms with Crippen molar-refractivity contribution in [3.8, 4) is 0 Å². The molecule has 1 aliphatic heterocycles. The van der Waals surface area contributed by atoms with E-state index in [-0.39, 0.29) is 9.92 Å². The molecule has 1 fully saturated rings. The lowest BCUT2D eigenvalue weighted by Crippen LogP contribution is -2.39. The zero-order valence-electron chi connectivity index (χ0n) is 11.0. The fourth-order valence-corrected chi connectivity index (χ4v) is 4.69. The van der Waals surface area contributed by atoms with E-state index in [1.54, 1.807) is 17.3 Å². The number of sulfonamides is 1. The van der Waals surface area contributed by atoms with Crippen molar-refractivity contribution in [2.24, 2.45) is 5.92 Å². The molecular weight excluding hydrogens is 305 g/mol. The maximum absolute atomic E-state index is 12.6. The van der Waals surface area contributed by atoms with E-state index in [0.717, 1.165) is 12.8 Å². The number of benzene rings is 1. The zero-order chi connectivity index (χ0) is 14.2. The average molecular weight is 322 g/mol. The summed E-state index contributed by atoms with van der Waals surface area (Å²) in [5.41, 5.74) is 0.632. The van der Waals surface area contributed by atoms with E-state index in [2.05, 4.69) is 6.92 Å². The molecule has 0 N–H and O–H groups in total. The van der Waals surface area contributed by atoms with Gasteiger partial charge in [0.15, 0.2) is 0 Å². The number of nitrogens with zero attached hydrogens (tertiary/aromatic N) is 1. The molecular formula is C13H17Cl2NO2S. The highest BCUT2D eigenvalue weighted by Gasteiger charge is 2.30. The SMILES string of the molecule is Cc1cc(Cl)c(Cl)cc1S(=O)(=O)N1CCC[C@@H](C)C1. The molecule has 0 radical (unpaired) electrons. The van der Waals surface area contributed by atoms with Crippen LogP contribution in [0.15, 0.2) is 17.0 Å². The maximum Gasteiger partial charge on any atom is 0.243 e. The van der Waals surface area contributed by atoms with Crippen LogP contribution < -0.4 is 0 Å². The number of halogens is 2. The summed E-state index contributed by atoms with van der Waals surface area (Å²) in [6.07, 6.45) is 1.98. The fraction of sp³-hybridized carbons (Fsp3) is 0.538. The van der Waals surface area contributed by atoms with E-state index in [4.69, 9.17) is 23.2 Å². The van der Waals surface area contributed by atoms with Crippen LogP contribution in [0.3, 0.4) is 0 Å². The molecule has 0 spiro atoms. The molecule has 0 aromatic heterocycles. The van der Waals surface area contributed by atoms with Crippen LogP contribution in [0.4, 0.5) is 0 Å². The van der Waals surface area contributed by atoms with Crippen LogP contribution in [0, 0.1) is 12.8 Å². The summed E-state index contributed by atoms with van der Waals surface area (Å²) in [4.78, 5) is 0.260. The van der Waals surface area contributed by atoms with Gasteiger partial charge in [-0.3, -0.25) is 0 Å². The first-order valence-corrected chi connectivity index (χ1v) is 8.47. The minimum absolute atomic E-state index is 0.260. The highest BCUT2D eigenvalue weighted by atomic mass is 35.5. The molecule has 1 aromatic rings. The molecule has 3 nitrogen and oxygen atoms in total. The molecule has 106 valence electrons. The van der Waals surface area contributed by atoms with Crippen LogP contribution in [0.2, 0.25) is 10.0 Å². The number of rotatable bonds is 2.